The van der Waals surface area contributed by atoms with Crippen LogP contribution in [-0.2, 0) is 0 Å². The predicted octanol–water partition coefficient (Wildman–Crippen LogP) is 5.09. The molecule has 0 atom stereocenters. The van der Waals surface area contributed by atoms with Crippen LogP contribution in [0.2, 0.25) is 0 Å². The molecule has 4 aromatic rings. The highest BCUT2D eigenvalue weighted by molar-refractivity contribution is 6.05. The van der Waals surface area contributed by atoms with E-state index in [1.54, 1.807) is 30.3 Å². The summed E-state index contributed by atoms with van der Waals surface area (Å²) >= 11 is 0. The topological polar surface area (TPSA) is 93.8 Å². The van der Waals surface area contributed by atoms with Crippen LogP contribution in [0, 0.1) is 13.8 Å². The van der Waals surface area contributed by atoms with Gasteiger partial charge in [0.05, 0.1) is 19.8 Å². The second kappa shape index (κ2) is 8.02. The number of nitrogens with zero attached hydrogens (tertiary/aromatic N) is 1. The number of carbonyl (C=O) groups excluding carboxylic acids is 1. The first-order valence-corrected chi connectivity index (χ1v) is 9.64. The van der Waals surface area contributed by atoms with E-state index >= 15 is 0 Å². The molecule has 1 aromatic heterocycles. The molecule has 0 saturated carbocycles. The van der Waals surface area contributed by atoms with Gasteiger partial charge >= 0.3 is 0 Å². The van der Waals surface area contributed by atoms with E-state index in [9.17, 15) is 9.90 Å². The Morgan fingerprint density at radius 3 is 2.45 bits per heavy atom. The standard InChI is InChI=1S/C24H22N2O5/c1-13-9-18-21(10-14(13)2)31-24(26-18)17-12-16(6-7-19(17)27)25-23(28)15-5-8-20(29-3)22(11-15)30-4/h5-12,27H,1-4H3,(H,25,28). The third kappa shape index (κ3) is 3.90. The summed E-state index contributed by atoms with van der Waals surface area (Å²) in [4.78, 5) is 17.2. The first kappa shape index (κ1) is 20.3. The van der Waals surface area contributed by atoms with E-state index in [-0.39, 0.29) is 17.5 Å². The Morgan fingerprint density at radius 1 is 0.968 bits per heavy atom. The number of methoxy groups -OCH3 is 2. The highest BCUT2D eigenvalue weighted by Crippen LogP contribution is 2.34. The van der Waals surface area contributed by atoms with Crippen molar-refractivity contribution in [3.8, 4) is 28.7 Å². The van der Waals surface area contributed by atoms with Gasteiger partial charge in [-0.3, -0.25) is 4.79 Å². The van der Waals surface area contributed by atoms with E-state index in [1.807, 2.05) is 26.0 Å². The van der Waals surface area contributed by atoms with Crippen LogP contribution >= 0.6 is 0 Å². The van der Waals surface area contributed by atoms with Crippen molar-refractivity contribution in [3.63, 3.8) is 0 Å². The largest absolute Gasteiger partial charge is 0.507 e. The Morgan fingerprint density at radius 2 is 1.71 bits per heavy atom. The molecule has 0 radical (unpaired) electrons. The third-order valence-corrected chi connectivity index (χ3v) is 5.13. The molecule has 0 aliphatic rings. The molecular weight excluding hydrogens is 396 g/mol. The number of aryl methyl sites for hydroxylation is 2. The van der Waals surface area contributed by atoms with Crippen molar-refractivity contribution in [2.45, 2.75) is 13.8 Å². The van der Waals surface area contributed by atoms with E-state index in [1.165, 1.54) is 20.3 Å². The molecule has 3 aromatic carbocycles. The number of carbonyl (C=O) groups is 1. The van der Waals surface area contributed by atoms with E-state index in [2.05, 4.69) is 10.3 Å². The number of aromatic hydroxyl groups is 1. The predicted molar refractivity (Wildman–Crippen MR) is 118 cm³/mol. The molecule has 7 heteroatoms. The van der Waals surface area contributed by atoms with Crippen LogP contribution < -0.4 is 14.8 Å². The lowest BCUT2D eigenvalue weighted by Gasteiger charge is -2.11. The highest BCUT2D eigenvalue weighted by atomic mass is 16.5. The molecular formula is C24H22N2O5. The molecule has 2 N–H and O–H groups in total. The minimum Gasteiger partial charge on any atom is -0.507 e. The lowest BCUT2D eigenvalue weighted by molar-refractivity contribution is 0.102. The lowest BCUT2D eigenvalue weighted by atomic mass is 10.1. The zero-order chi connectivity index (χ0) is 22.1. The number of oxazole rings is 1. The Hall–Kier alpha value is -4.00. The van der Waals surface area contributed by atoms with Crippen LogP contribution in [-0.4, -0.2) is 30.2 Å². The van der Waals surface area contributed by atoms with Gasteiger partial charge in [-0.2, -0.15) is 0 Å². The van der Waals surface area contributed by atoms with Gasteiger partial charge < -0.3 is 24.3 Å². The summed E-state index contributed by atoms with van der Waals surface area (Å²) in [5, 5.41) is 13.2. The first-order valence-electron chi connectivity index (χ1n) is 9.64. The minimum atomic E-state index is -0.332. The van der Waals surface area contributed by atoms with Gasteiger partial charge in [-0.15, -0.1) is 0 Å². The van der Waals surface area contributed by atoms with Crippen molar-refractivity contribution in [2.75, 3.05) is 19.5 Å². The number of phenolic OH excluding ortho intramolecular Hbond substituents is 1. The number of anilines is 1. The summed E-state index contributed by atoms with van der Waals surface area (Å²) in [5.41, 5.74) is 4.82. The monoisotopic (exact) mass is 418 g/mol. The van der Waals surface area contributed by atoms with E-state index in [4.69, 9.17) is 13.9 Å². The van der Waals surface area contributed by atoms with Crippen molar-refractivity contribution < 1.29 is 23.8 Å². The second-order valence-electron chi connectivity index (χ2n) is 7.18. The normalized spacial score (nSPS) is 10.8. The summed E-state index contributed by atoms with van der Waals surface area (Å²) in [6, 6.07) is 13.5. The Bertz CT molecular complexity index is 1250. The fraction of sp³-hybridized carbons (Fsp3) is 0.167. The number of ether oxygens (including phenoxy) is 2. The third-order valence-electron chi connectivity index (χ3n) is 5.13. The molecule has 1 heterocycles. The number of hydrogen-bond donors (Lipinski definition) is 2. The van der Waals surface area contributed by atoms with Gasteiger partial charge in [0.15, 0.2) is 17.1 Å². The molecule has 0 aliphatic carbocycles. The first-order chi connectivity index (χ1) is 14.9. The van der Waals surface area contributed by atoms with Gasteiger partial charge in [0, 0.05) is 11.3 Å². The number of hydrogen-bond acceptors (Lipinski definition) is 6. The van der Waals surface area contributed by atoms with E-state index < -0.39 is 0 Å². The lowest BCUT2D eigenvalue weighted by Crippen LogP contribution is -2.12. The fourth-order valence-electron chi connectivity index (χ4n) is 3.26. The van der Waals surface area contributed by atoms with Crippen molar-refractivity contribution in [1.82, 2.24) is 4.98 Å². The van der Waals surface area contributed by atoms with Crippen molar-refractivity contribution in [1.29, 1.82) is 0 Å². The summed E-state index contributed by atoms with van der Waals surface area (Å²) in [6.07, 6.45) is 0. The molecule has 0 spiro atoms. The summed E-state index contributed by atoms with van der Waals surface area (Å²) in [5.74, 6) is 0.941. The number of nitrogens with one attached hydrogen (secondary N) is 1. The zero-order valence-electron chi connectivity index (χ0n) is 17.6. The molecule has 0 fully saturated rings. The van der Waals surface area contributed by atoms with Crippen molar-refractivity contribution >= 4 is 22.7 Å². The number of phenols is 1. The van der Waals surface area contributed by atoms with E-state index in [0.29, 0.717) is 39.4 Å². The average Bonchev–Trinajstić information content (AvgIpc) is 3.17. The van der Waals surface area contributed by atoms with Gasteiger partial charge in [-0.25, -0.2) is 4.98 Å². The minimum absolute atomic E-state index is 0.00381. The summed E-state index contributed by atoms with van der Waals surface area (Å²) < 4.78 is 16.3. The molecule has 7 nitrogen and oxygen atoms in total. The highest BCUT2D eigenvalue weighted by Gasteiger charge is 2.16. The van der Waals surface area contributed by atoms with Crippen LogP contribution in [0.3, 0.4) is 0 Å². The number of aromatic nitrogens is 1. The van der Waals surface area contributed by atoms with Gasteiger partial charge in [0.1, 0.15) is 11.3 Å². The maximum Gasteiger partial charge on any atom is 0.255 e. The molecule has 0 aliphatic heterocycles. The quantitative estimate of drug-likeness (QED) is 0.439. The number of fused-ring (bicyclic) bond motifs is 1. The second-order valence-corrected chi connectivity index (χ2v) is 7.18. The Kier molecular flexibility index (Phi) is 5.25. The maximum absolute atomic E-state index is 12.7. The molecule has 1 amide bonds. The SMILES string of the molecule is COc1ccc(C(=O)Nc2ccc(O)c(-c3nc4cc(C)c(C)cc4o3)c2)cc1OC. The van der Waals surface area contributed by atoms with Gasteiger partial charge in [-0.05, 0) is 73.5 Å². The van der Waals surface area contributed by atoms with Gasteiger partial charge in [-0.1, -0.05) is 0 Å². The van der Waals surface area contributed by atoms with Crippen LogP contribution in [0.4, 0.5) is 5.69 Å². The Labute approximate surface area is 179 Å². The molecule has 158 valence electrons. The fourth-order valence-corrected chi connectivity index (χ4v) is 3.26. The van der Waals surface area contributed by atoms with Gasteiger partial charge in [0.25, 0.3) is 5.91 Å². The van der Waals surface area contributed by atoms with Crippen LogP contribution in [0.5, 0.6) is 17.2 Å². The van der Waals surface area contributed by atoms with Crippen LogP contribution in [0.25, 0.3) is 22.6 Å². The summed E-state index contributed by atoms with van der Waals surface area (Å²) in [6.45, 7) is 4.00. The molecule has 4 rings (SSSR count). The van der Waals surface area contributed by atoms with Crippen LogP contribution in [0.15, 0.2) is 52.9 Å². The van der Waals surface area contributed by atoms with Crippen LogP contribution in [0.1, 0.15) is 21.5 Å². The molecule has 0 bridgehead atoms. The number of rotatable bonds is 5. The Balaban J connectivity index is 1.65. The summed E-state index contributed by atoms with van der Waals surface area (Å²) in [7, 11) is 3.04. The molecule has 31 heavy (non-hydrogen) atoms. The van der Waals surface area contributed by atoms with Crippen molar-refractivity contribution in [2.24, 2.45) is 0 Å². The van der Waals surface area contributed by atoms with E-state index in [0.717, 1.165) is 11.1 Å². The average molecular weight is 418 g/mol. The van der Waals surface area contributed by atoms with Gasteiger partial charge in [0.2, 0.25) is 5.89 Å². The number of benzene rings is 3. The molecule has 0 saturated heterocycles. The smallest absolute Gasteiger partial charge is 0.255 e. The van der Waals surface area contributed by atoms with Crippen molar-refractivity contribution in [3.05, 3.63) is 65.2 Å². The maximum atomic E-state index is 12.7. The number of amides is 1. The molecule has 0 unspecified atom stereocenters. The zero-order valence-corrected chi connectivity index (χ0v) is 17.6.